The summed E-state index contributed by atoms with van der Waals surface area (Å²) < 4.78 is 0. The predicted molar refractivity (Wildman–Crippen MR) is 262 cm³/mol. The van der Waals surface area contributed by atoms with Gasteiger partial charge in [-0.2, -0.15) is 0 Å². The van der Waals surface area contributed by atoms with Gasteiger partial charge in [0, 0.05) is 6.42 Å². The molecule has 0 rings (SSSR count). The van der Waals surface area contributed by atoms with Crippen LogP contribution < -0.4 is 5.32 Å². The highest BCUT2D eigenvalue weighted by molar-refractivity contribution is 5.76. The fraction of sp³-hybridized carbons (Fsp3) is 0.691. The Labute approximate surface area is 366 Å². The van der Waals surface area contributed by atoms with Crippen molar-refractivity contribution in [2.24, 2.45) is 0 Å². The monoisotopic (exact) mass is 818 g/mol. The zero-order valence-corrected chi connectivity index (χ0v) is 38.7. The second kappa shape index (κ2) is 49.7. The van der Waals surface area contributed by atoms with Gasteiger partial charge in [-0.15, -0.1) is 0 Å². The Bertz CT molecular complexity index is 1110. The fourth-order valence-corrected chi connectivity index (χ4v) is 7.04. The van der Waals surface area contributed by atoms with Crippen LogP contribution >= 0.6 is 0 Å². The highest BCUT2D eigenvalue weighted by Crippen LogP contribution is 2.15. The largest absolute Gasteiger partial charge is 0.394 e. The smallest absolute Gasteiger partial charge is 0.220 e. The third kappa shape index (κ3) is 46.2. The molecule has 0 aromatic rings. The van der Waals surface area contributed by atoms with E-state index in [1.165, 1.54) is 135 Å². The molecule has 0 aromatic heterocycles. The Balaban J connectivity index is 3.58. The Morgan fingerprint density at radius 2 is 0.746 bits per heavy atom. The highest BCUT2D eigenvalue weighted by Gasteiger charge is 2.17. The lowest BCUT2D eigenvalue weighted by atomic mass is 10.0. The van der Waals surface area contributed by atoms with Crippen LogP contribution in [0.15, 0.2) is 97.2 Å². The topological polar surface area (TPSA) is 69.6 Å². The molecule has 2 atom stereocenters. The second-order valence-electron chi connectivity index (χ2n) is 16.5. The maximum atomic E-state index is 12.4. The lowest BCUT2D eigenvalue weighted by molar-refractivity contribution is -0.123. The van der Waals surface area contributed by atoms with Crippen LogP contribution in [0, 0.1) is 0 Å². The fourth-order valence-electron chi connectivity index (χ4n) is 7.04. The van der Waals surface area contributed by atoms with Gasteiger partial charge in [0.15, 0.2) is 0 Å². The molecule has 0 heterocycles. The molecule has 0 saturated carbocycles. The van der Waals surface area contributed by atoms with Crippen molar-refractivity contribution < 1.29 is 15.0 Å². The Morgan fingerprint density at radius 1 is 0.424 bits per heavy atom. The minimum atomic E-state index is -0.845. The number of hydrogen-bond acceptors (Lipinski definition) is 3. The summed E-state index contributed by atoms with van der Waals surface area (Å²) in [5.74, 6) is -0.0715. The van der Waals surface area contributed by atoms with Gasteiger partial charge in [0.25, 0.3) is 0 Å². The summed E-state index contributed by atoms with van der Waals surface area (Å²) in [5, 5.41) is 23.0. The second-order valence-corrected chi connectivity index (χ2v) is 16.5. The number of aliphatic hydroxyl groups is 2. The number of nitrogens with one attached hydrogen (secondary N) is 1. The molecule has 4 nitrogen and oxygen atoms in total. The molecule has 4 heteroatoms. The number of allylic oxidation sites excluding steroid dienone is 15. The minimum absolute atomic E-state index is 0.0715. The average Bonchev–Trinajstić information content (AvgIpc) is 3.24. The summed E-state index contributed by atoms with van der Waals surface area (Å²) in [4.78, 5) is 12.4. The van der Waals surface area contributed by atoms with Crippen molar-refractivity contribution in [3.05, 3.63) is 97.2 Å². The van der Waals surface area contributed by atoms with Gasteiger partial charge in [-0.05, 0) is 77.0 Å². The Kier molecular flexibility index (Phi) is 47.4. The first kappa shape index (κ1) is 56.3. The standard InChI is InChI=1S/C55H95NO3/c1-3-5-7-9-11-13-15-17-19-20-21-22-23-24-25-26-27-28-29-30-31-32-33-34-35-36-37-39-41-43-45-47-49-51-55(59)56-53(52-57)54(58)50-48-46-44-42-40-38-18-16-14-12-10-8-6-4-2/h5,7,11,13,17,19,21-22,24-25,27-28,30-31,48,50,53-54,57-58H,3-4,6,8-10,12,14-16,18,20,23,26,29,32-47,49,51-52H2,1-2H3,(H,56,59)/b7-5-,13-11-,19-17-,22-21-,25-24-,28-27-,31-30-,50-48+. The van der Waals surface area contributed by atoms with Crippen molar-refractivity contribution in [2.75, 3.05) is 6.61 Å². The molecular weight excluding hydrogens is 723 g/mol. The van der Waals surface area contributed by atoms with E-state index in [4.69, 9.17) is 0 Å². The van der Waals surface area contributed by atoms with Gasteiger partial charge in [0.05, 0.1) is 18.8 Å². The number of amides is 1. The summed E-state index contributed by atoms with van der Waals surface area (Å²) in [6.45, 7) is 4.19. The molecule has 0 aliphatic heterocycles. The molecule has 0 aliphatic rings. The summed E-state index contributed by atoms with van der Waals surface area (Å²) in [5.41, 5.74) is 0. The minimum Gasteiger partial charge on any atom is -0.394 e. The van der Waals surface area contributed by atoms with E-state index in [-0.39, 0.29) is 12.5 Å². The highest BCUT2D eigenvalue weighted by atomic mass is 16.3. The van der Waals surface area contributed by atoms with Gasteiger partial charge in [-0.3, -0.25) is 4.79 Å². The molecule has 0 bridgehead atoms. The van der Waals surface area contributed by atoms with Gasteiger partial charge < -0.3 is 15.5 Å². The van der Waals surface area contributed by atoms with E-state index in [0.717, 1.165) is 70.6 Å². The summed E-state index contributed by atoms with van der Waals surface area (Å²) in [6, 6.07) is -0.629. The number of aliphatic hydroxyl groups excluding tert-OH is 2. The molecular formula is C55H95NO3. The average molecular weight is 818 g/mol. The third-order valence-corrected chi connectivity index (χ3v) is 10.8. The molecule has 59 heavy (non-hydrogen) atoms. The van der Waals surface area contributed by atoms with Crippen molar-refractivity contribution in [2.45, 2.75) is 238 Å². The van der Waals surface area contributed by atoms with E-state index in [0.29, 0.717) is 6.42 Å². The van der Waals surface area contributed by atoms with Crippen LogP contribution in [-0.4, -0.2) is 34.9 Å². The van der Waals surface area contributed by atoms with E-state index in [1.54, 1.807) is 6.08 Å². The summed E-state index contributed by atoms with van der Waals surface area (Å²) in [6.07, 6.45) is 73.9. The molecule has 0 radical (unpaired) electrons. The van der Waals surface area contributed by atoms with Gasteiger partial charge in [0.1, 0.15) is 0 Å². The van der Waals surface area contributed by atoms with Gasteiger partial charge in [0.2, 0.25) is 5.91 Å². The molecule has 1 amide bonds. The molecule has 3 N–H and O–H groups in total. The molecule has 0 spiro atoms. The lowest BCUT2D eigenvalue weighted by Crippen LogP contribution is -2.45. The number of hydrogen-bond donors (Lipinski definition) is 3. The lowest BCUT2D eigenvalue weighted by Gasteiger charge is -2.20. The van der Waals surface area contributed by atoms with Crippen LogP contribution in [0.25, 0.3) is 0 Å². The normalized spacial score (nSPS) is 13.8. The van der Waals surface area contributed by atoms with Crippen LogP contribution in [0.3, 0.4) is 0 Å². The molecule has 338 valence electrons. The van der Waals surface area contributed by atoms with Crippen molar-refractivity contribution in [3.63, 3.8) is 0 Å². The van der Waals surface area contributed by atoms with Crippen LogP contribution in [0.5, 0.6) is 0 Å². The maximum Gasteiger partial charge on any atom is 0.220 e. The van der Waals surface area contributed by atoms with Crippen LogP contribution in [0.4, 0.5) is 0 Å². The van der Waals surface area contributed by atoms with Crippen molar-refractivity contribution in [1.29, 1.82) is 0 Å². The number of carbonyl (C=O) groups is 1. The molecule has 0 saturated heterocycles. The van der Waals surface area contributed by atoms with E-state index in [2.05, 4.69) is 104 Å². The van der Waals surface area contributed by atoms with E-state index in [9.17, 15) is 15.0 Å². The molecule has 0 aromatic carbocycles. The van der Waals surface area contributed by atoms with E-state index in [1.807, 2.05) is 6.08 Å². The number of unbranched alkanes of at least 4 members (excludes halogenated alkanes) is 23. The third-order valence-electron chi connectivity index (χ3n) is 10.8. The predicted octanol–water partition coefficient (Wildman–Crippen LogP) is 16.2. The summed E-state index contributed by atoms with van der Waals surface area (Å²) >= 11 is 0. The van der Waals surface area contributed by atoms with Crippen LogP contribution in [0.1, 0.15) is 226 Å². The Morgan fingerprint density at radius 3 is 1.12 bits per heavy atom. The van der Waals surface area contributed by atoms with Gasteiger partial charge in [-0.1, -0.05) is 239 Å². The first-order chi connectivity index (χ1) is 29.2. The molecule has 0 fully saturated rings. The quantitative estimate of drug-likeness (QED) is 0.0424. The zero-order valence-electron chi connectivity index (χ0n) is 38.7. The van der Waals surface area contributed by atoms with Gasteiger partial charge >= 0.3 is 0 Å². The first-order valence-corrected chi connectivity index (χ1v) is 25.0. The molecule has 2 unspecified atom stereocenters. The van der Waals surface area contributed by atoms with Crippen LogP contribution in [0.2, 0.25) is 0 Å². The van der Waals surface area contributed by atoms with Crippen molar-refractivity contribution >= 4 is 5.91 Å². The first-order valence-electron chi connectivity index (χ1n) is 25.0. The summed E-state index contributed by atoms with van der Waals surface area (Å²) in [7, 11) is 0. The van der Waals surface area contributed by atoms with Crippen molar-refractivity contribution in [1.82, 2.24) is 5.32 Å². The van der Waals surface area contributed by atoms with Crippen LogP contribution in [-0.2, 0) is 4.79 Å². The maximum absolute atomic E-state index is 12.4. The molecule has 0 aliphatic carbocycles. The van der Waals surface area contributed by atoms with E-state index >= 15 is 0 Å². The number of carbonyl (C=O) groups excluding carboxylic acids is 1. The zero-order chi connectivity index (χ0) is 42.8. The SMILES string of the molecule is CC/C=C\C/C=C\C/C=C\C/C=C\C/C=C\C/C=C\C/C=C\CCCCCCCCCCCCCC(=O)NC(CO)C(O)/C=C/CCCCCCCCCCCCCC. The van der Waals surface area contributed by atoms with Crippen molar-refractivity contribution in [3.8, 4) is 0 Å². The van der Waals surface area contributed by atoms with E-state index < -0.39 is 12.1 Å². The Hall–Kier alpha value is -2.69. The van der Waals surface area contributed by atoms with Gasteiger partial charge in [-0.25, -0.2) is 0 Å². The number of rotatable bonds is 44.